The predicted octanol–water partition coefficient (Wildman–Crippen LogP) is 3.09. The molecule has 0 bridgehead atoms. The first-order valence-corrected chi connectivity index (χ1v) is 6.55. The van der Waals surface area contributed by atoms with Crippen molar-refractivity contribution in [3.63, 3.8) is 0 Å². The highest BCUT2D eigenvalue weighted by atomic mass is 79.9. The lowest BCUT2D eigenvalue weighted by atomic mass is 10.0. The summed E-state index contributed by atoms with van der Waals surface area (Å²) in [6.07, 6.45) is 0.588. The summed E-state index contributed by atoms with van der Waals surface area (Å²) < 4.78 is 6.15. The second kappa shape index (κ2) is 5.71. The zero-order valence-corrected chi connectivity index (χ0v) is 12.7. The number of hydrogen-bond donors (Lipinski definition) is 2. The largest absolute Gasteiger partial charge is 0.397 e. The molecule has 5 heteroatoms. The maximum absolute atomic E-state index is 12.2. The molecule has 1 atom stereocenters. The molecule has 0 aliphatic carbocycles. The Morgan fingerprint density at radius 1 is 1.56 bits per heavy atom. The summed E-state index contributed by atoms with van der Waals surface area (Å²) in [6, 6.07) is 3.67. The van der Waals surface area contributed by atoms with Crippen LogP contribution in [0.1, 0.15) is 25.8 Å². The molecule has 1 amide bonds. The van der Waals surface area contributed by atoms with Crippen molar-refractivity contribution in [2.75, 3.05) is 18.2 Å². The van der Waals surface area contributed by atoms with Crippen molar-refractivity contribution in [1.29, 1.82) is 0 Å². The number of ether oxygens (including phenoxy) is 1. The van der Waals surface area contributed by atoms with E-state index in [1.54, 1.807) is 13.0 Å². The van der Waals surface area contributed by atoms with Gasteiger partial charge in [-0.3, -0.25) is 4.79 Å². The van der Waals surface area contributed by atoms with Gasteiger partial charge in [-0.05, 0) is 38.0 Å². The zero-order valence-electron chi connectivity index (χ0n) is 11.1. The van der Waals surface area contributed by atoms with Crippen LogP contribution in [0.4, 0.5) is 11.4 Å². The maximum Gasteiger partial charge on any atom is 0.256 e. The number of rotatable bonds is 4. The molecule has 4 nitrogen and oxygen atoms in total. The molecule has 1 unspecified atom stereocenters. The van der Waals surface area contributed by atoms with Crippen molar-refractivity contribution in [2.24, 2.45) is 0 Å². The molecule has 0 aliphatic heterocycles. The van der Waals surface area contributed by atoms with Gasteiger partial charge in [-0.15, -0.1) is 0 Å². The van der Waals surface area contributed by atoms with E-state index >= 15 is 0 Å². The molecule has 3 N–H and O–H groups in total. The van der Waals surface area contributed by atoms with Crippen LogP contribution in [0, 0.1) is 6.92 Å². The van der Waals surface area contributed by atoms with E-state index in [0.29, 0.717) is 17.8 Å². The van der Waals surface area contributed by atoms with Crippen molar-refractivity contribution in [3.8, 4) is 0 Å². The highest BCUT2D eigenvalue weighted by Gasteiger charge is 2.31. The van der Waals surface area contributed by atoms with Gasteiger partial charge in [0.2, 0.25) is 0 Å². The van der Waals surface area contributed by atoms with Crippen molar-refractivity contribution < 1.29 is 9.53 Å². The summed E-state index contributed by atoms with van der Waals surface area (Å²) >= 11 is 3.36. The number of benzene rings is 1. The monoisotopic (exact) mass is 314 g/mol. The normalized spacial score (nSPS) is 14.1. The lowest BCUT2D eigenvalue weighted by Crippen LogP contribution is -2.41. The molecule has 0 heterocycles. The van der Waals surface area contributed by atoms with Gasteiger partial charge >= 0.3 is 0 Å². The SMILES string of the molecule is CCC(C)(OC)C(=O)Nc1c(C)cc(Br)cc1N. The van der Waals surface area contributed by atoms with Crippen molar-refractivity contribution in [2.45, 2.75) is 32.8 Å². The van der Waals surface area contributed by atoms with Crippen LogP contribution in [0.15, 0.2) is 16.6 Å². The van der Waals surface area contributed by atoms with E-state index in [1.807, 2.05) is 19.9 Å². The Bertz CT molecular complexity index is 433. The third-order valence-corrected chi connectivity index (χ3v) is 3.63. The molecule has 0 fully saturated rings. The van der Waals surface area contributed by atoms with E-state index in [9.17, 15) is 4.79 Å². The standard InChI is InChI=1S/C13H19BrN2O2/c1-5-13(3,18-4)12(17)16-11-8(2)6-9(14)7-10(11)15/h6-7H,5,15H2,1-4H3,(H,16,17). The molecule has 1 aromatic carbocycles. The van der Waals surface area contributed by atoms with Gasteiger partial charge in [-0.1, -0.05) is 22.9 Å². The molecular formula is C13H19BrN2O2. The summed E-state index contributed by atoms with van der Waals surface area (Å²) in [5, 5.41) is 2.84. The fraction of sp³-hybridized carbons (Fsp3) is 0.462. The van der Waals surface area contributed by atoms with Crippen LogP contribution in [0.3, 0.4) is 0 Å². The topological polar surface area (TPSA) is 64.3 Å². The number of methoxy groups -OCH3 is 1. The number of anilines is 2. The van der Waals surface area contributed by atoms with Gasteiger partial charge in [0.05, 0.1) is 11.4 Å². The number of nitrogens with two attached hydrogens (primary N) is 1. The summed E-state index contributed by atoms with van der Waals surface area (Å²) in [5.74, 6) is -0.190. The highest BCUT2D eigenvalue weighted by Crippen LogP contribution is 2.29. The quantitative estimate of drug-likeness (QED) is 0.839. The van der Waals surface area contributed by atoms with Crippen LogP contribution in [0.25, 0.3) is 0 Å². The van der Waals surface area contributed by atoms with Crippen molar-refractivity contribution in [1.82, 2.24) is 0 Å². The Balaban J connectivity index is 3.02. The average molecular weight is 315 g/mol. The van der Waals surface area contributed by atoms with Crippen LogP contribution >= 0.6 is 15.9 Å². The number of nitrogens with one attached hydrogen (secondary N) is 1. The van der Waals surface area contributed by atoms with Crippen LogP contribution in [0.5, 0.6) is 0 Å². The molecule has 100 valence electrons. The van der Waals surface area contributed by atoms with Gasteiger partial charge < -0.3 is 15.8 Å². The van der Waals surface area contributed by atoms with Gasteiger partial charge in [0, 0.05) is 11.6 Å². The van der Waals surface area contributed by atoms with E-state index in [2.05, 4.69) is 21.2 Å². The lowest BCUT2D eigenvalue weighted by molar-refractivity contribution is -0.136. The Kier molecular flexibility index (Phi) is 4.76. The fourth-order valence-corrected chi connectivity index (χ4v) is 2.17. The van der Waals surface area contributed by atoms with E-state index in [4.69, 9.17) is 10.5 Å². The fourth-order valence-electron chi connectivity index (χ4n) is 1.58. The van der Waals surface area contributed by atoms with Gasteiger partial charge in [0.25, 0.3) is 5.91 Å². The van der Waals surface area contributed by atoms with Crippen LogP contribution in [0.2, 0.25) is 0 Å². The van der Waals surface area contributed by atoms with E-state index in [-0.39, 0.29) is 5.91 Å². The molecule has 0 spiro atoms. The van der Waals surface area contributed by atoms with Gasteiger partial charge in [-0.25, -0.2) is 0 Å². The molecule has 0 aliphatic rings. The van der Waals surface area contributed by atoms with Crippen molar-refractivity contribution in [3.05, 3.63) is 22.2 Å². The molecule has 18 heavy (non-hydrogen) atoms. The summed E-state index contributed by atoms with van der Waals surface area (Å²) in [7, 11) is 1.53. The summed E-state index contributed by atoms with van der Waals surface area (Å²) in [4.78, 5) is 12.2. The molecular weight excluding hydrogens is 296 g/mol. The number of halogens is 1. The lowest BCUT2D eigenvalue weighted by Gasteiger charge is -2.26. The van der Waals surface area contributed by atoms with Crippen LogP contribution in [-0.4, -0.2) is 18.6 Å². The van der Waals surface area contributed by atoms with Crippen LogP contribution in [-0.2, 0) is 9.53 Å². The second-order valence-electron chi connectivity index (χ2n) is 4.43. The number of carbonyl (C=O) groups is 1. The molecule has 0 saturated heterocycles. The maximum atomic E-state index is 12.2. The minimum absolute atomic E-state index is 0.190. The minimum atomic E-state index is -0.841. The molecule has 1 aromatic rings. The van der Waals surface area contributed by atoms with Crippen LogP contribution < -0.4 is 11.1 Å². The molecule has 0 aromatic heterocycles. The number of aryl methyl sites for hydroxylation is 1. The van der Waals surface area contributed by atoms with Gasteiger partial charge in [0.15, 0.2) is 0 Å². The Labute approximate surface area is 116 Å². The predicted molar refractivity (Wildman–Crippen MR) is 77.6 cm³/mol. The zero-order chi connectivity index (χ0) is 13.9. The highest BCUT2D eigenvalue weighted by molar-refractivity contribution is 9.10. The minimum Gasteiger partial charge on any atom is -0.397 e. The number of hydrogen-bond acceptors (Lipinski definition) is 3. The van der Waals surface area contributed by atoms with Gasteiger partial charge in [-0.2, -0.15) is 0 Å². The molecule has 0 radical (unpaired) electrons. The first-order chi connectivity index (χ1) is 8.34. The Hall–Kier alpha value is -1.07. The Morgan fingerprint density at radius 3 is 2.61 bits per heavy atom. The number of carbonyl (C=O) groups excluding carboxylic acids is 1. The molecule has 0 saturated carbocycles. The third kappa shape index (κ3) is 3.03. The number of nitrogen functional groups attached to an aromatic ring is 1. The first-order valence-electron chi connectivity index (χ1n) is 5.76. The number of amides is 1. The Morgan fingerprint density at radius 2 is 2.17 bits per heavy atom. The van der Waals surface area contributed by atoms with E-state index in [0.717, 1.165) is 10.0 Å². The summed E-state index contributed by atoms with van der Waals surface area (Å²) in [5.41, 5.74) is 7.15. The smallest absolute Gasteiger partial charge is 0.256 e. The van der Waals surface area contributed by atoms with E-state index in [1.165, 1.54) is 7.11 Å². The molecule has 1 rings (SSSR count). The summed E-state index contributed by atoms with van der Waals surface area (Å²) in [6.45, 7) is 5.56. The first kappa shape index (κ1) is 15.0. The van der Waals surface area contributed by atoms with E-state index < -0.39 is 5.60 Å². The third-order valence-electron chi connectivity index (χ3n) is 3.17. The average Bonchev–Trinajstić information content (AvgIpc) is 2.32. The van der Waals surface area contributed by atoms with Gasteiger partial charge in [0.1, 0.15) is 5.60 Å². The second-order valence-corrected chi connectivity index (χ2v) is 5.35. The van der Waals surface area contributed by atoms with Crippen molar-refractivity contribution >= 4 is 33.2 Å².